The van der Waals surface area contributed by atoms with Gasteiger partial charge in [-0.1, -0.05) is 113 Å². The number of nitrogens with zero attached hydrogens (tertiary/aromatic N) is 4. The molecule has 322 valence electrons. The highest BCUT2D eigenvalue weighted by Gasteiger charge is 2.24. The monoisotopic (exact) mass is 839 g/mol. The van der Waals surface area contributed by atoms with Crippen molar-refractivity contribution in [3.05, 3.63) is 118 Å². The Hall–Kier alpha value is -4.40. The molecular formula is C51H74N4O2S2. The first-order valence-electron chi connectivity index (χ1n) is 18.9. The van der Waals surface area contributed by atoms with E-state index in [1.807, 2.05) is 72.0 Å². The van der Waals surface area contributed by atoms with Gasteiger partial charge in [0.2, 0.25) is 0 Å². The molecular weight excluding hydrogens is 765 g/mol. The average Bonchev–Trinajstić information content (AvgIpc) is 3.88. The molecule has 0 atom stereocenters. The van der Waals surface area contributed by atoms with E-state index in [4.69, 9.17) is 8.83 Å². The van der Waals surface area contributed by atoms with Gasteiger partial charge in [0.1, 0.15) is 22.7 Å². The van der Waals surface area contributed by atoms with Gasteiger partial charge in [-0.2, -0.15) is 0 Å². The predicted molar refractivity (Wildman–Crippen MR) is 263 cm³/mol. The molecule has 59 heavy (non-hydrogen) atoms. The van der Waals surface area contributed by atoms with Crippen LogP contribution < -0.4 is 0 Å². The summed E-state index contributed by atoms with van der Waals surface area (Å²) in [5.74, 6) is 2.11. The highest BCUT2D eigenvalue weighted by Crippen LogP contribution is 2.38. The van der Waals surface area contributed by atoms with Crippen molar-refractivity contribution in [1.82, 2.24) is 19.9 Å². The van der Waals surface area contributed by atoms with Crippen LogP contribution in [-0.4, -0.2) is 19.9 Å². The number of aryl methyl sites for hydroxylation is 3. The zero-order valence-electron chi connectivity index (χ0n) is 35.4. The molecule has 0 aromatic carbocycles. The minimum Gasteiger partial charge on any atom is -0.460 e. The molecule has 0 unspecified atom stereocenters. The SMILES string of the molecule is C.C.C.C.CC(C)(C)c1cc2cnccc2s1.Cc1c(C(C)(C)C)oc2ccncc12.Cc1c(C(C)(C)C)oc2ccncc12.Cc1c(C(C)(C)C)sc2ccncc12. The summed E-state index contributed by atoms with van der Waals surface area (Å²) < 4.78 is 14.3. The van der Waals surface area contributed by atoms with Crippen molar-refractivity contribution in [1.29, 1.82) is 0 Å². The Kier molecular flexibility index (Phi) is 18.0. The van der Waals surface area contributed by atoms with Crippen LogP contribution in [0.25, 0.3) is 42.1 Å². The minimum absolute atomic E-state index is 0. The molecule has 8 aromatic heterocycles. The molecule has 0 saturated heterocycles. The molecule has 0 aliphatic carbocycles. The summed E-state index contributed by atoms with van der Waals surface area (Å²) in [7, 11) is 0. The molecule has 8 rings (SSSR count). The third-order valence-electron chi connectivity index (χ3n) is 9.31. The summed E-state index contributed by atoms with van der Waals surface area (Å²) in [6, 6.07) is 10.2. The smallest absolute Gasteiger partial charge is 0.137 e. The van der Waals surface area contributed by atoms with Gasteiger partial charge >= 0.3 is 0 Å². The molecule has 0 amide bonds. The number of rotatable bonds is 0. The van der Waals surface area contributed by atoms with Gasteiger partial charge in [-0.15, -0.1) is 22.7 Å². The zero-order valence-corrected chi connectivity index (χ0v) is 37.1. The lowest BCUT2D eigenvalue weighted by atomic mass is 9.90. The average molecular weight is 839 g/mol. The second-order valence-corrected chi connectivity index (χ2v) is 20.4. The first-order chi connectivity index (χ1) is 25.6. The molecule has 8 heterocycles. The number of hydrogen-bond acceptors (Lipinski definition) is 8. The van der Waals surface area contributed by atoms with E-state index in [9.17, 15) is 0 Å². The molecule has 0 aliphatic rings. The van der Waals surface area contributed by atoms with Crippen LogP contribution in [0.15, 0.2) is 88.7 Å². The summed E-state index contributed by atoms with van der Waals surface area (Å²) in [5.41, 5.74) is 6.29. The second-order valence-electron chi connectivity index (χ2n) is 18.3. The van der Waals surface area contributed by atoms with Crippen LogP contribution in [0.1, 0.15) is 151 Å². The number of furan rings is 2. The fourth-order valence-corrected chi connectivity index (χ4v) is 8.91. The van der Waals surface area contributed by atoms with E-state index in [1.54, 1.807) is 12.4 Å². The number of pyridine rings is 4. The van der Waals surface area contributed by atoms with Crippen molar-refractivity contribution in [2.24, 2.45) is 0 Å². The molecule has 0 spiro atoms. The van der Waals surface area contributed by atoms with Gasteiger partial charge in [0.25, 0.3) is 0 Å². The normalized spacial score (nSPS) is 11.4. The van der Waals surface area contributed by atoms with Crippen molar-refractivity contribution in [3.8, 4) is 0 Å². The maximum atomic E-state index is 5.82. The van der Waals surface area contributed by atoms with E-state index < -0.39 is 0 Å². The Morgan fingerprint density at radius 3 is 1.22 bits per heavy atom. The fourth-order valence-electron chi connectivity index (χ4n) is 6.58. The van der Waals surface area contributed by atoms with Crippen LogP contribution in [0.5, 0.6) is 0 Å². The van der Waals surface area contributed by atoms with E-state index in [0.717, 1.165) is 33.5 Å². The number of thiophene rings is 2. The van der Waals surface area contributed by atoms with Crippen molar-refractivity contribution < 1.29 is 8.83 Å². The van der Waals surface area contributed by atoms with Crippen LogP contribution in [0, 0.1) is 20.8 Å². The van der Waals surface area contributed by atoms with Crippen LogP contribution in [0.2, 0.25) is 0 Å². The number of hydrogen-bond donors (Lipinski definition) is 0. The number of aromatic nitrogens is 4. The van der Waals surface area contributed by atoms with Gasteiger partial charge in [-0.25, -0.2) is 0 Å². The Labute approximate surface area is 365 Å². The first-order valence-corrected chi connectivity index (χ1v) is 20.6. The van der Waals surface area contributed by atoms with Crippen molar-refractivity contribution >= 4 is 64.8 Å². The van der Waals surface area contributed by atoms with E-state index in [-0.39, 0.29) is 51.4 Å². The maximum absolute atomic E-state index is 5.82. The lowest BCUT2D eigenvalue weighted by Gasteiger charge is -2.17. The number of fused-ring (bicyclic) bond motifs is 4. The Bertz CT molecular complexity index is 2280. The maximum Gasteiger partial charge on any atom is 0.137 e. The molecule has 8 heteroatoms. The van der Waals surface area contributed by atoms with Crippen LogP contribution in [0.4, 0.5) is 0 Å². The molecule has 6 nitrogen and oxygen atoms in total. The summed E-state index contributed by atoms with van der Waals surface area (Å²) in [5, 5.41) is 4.81. The minimum atomic E-state index is 0. The van der Waals surface area contributed by atoms with Crippen molar-refractivity contribution in [2.45, 2.75) is 155 Å². The van der Waals surface area contributed by atoms with E-state index in [0.29, 0.717) is 0 Å². The predicted octanol–water partition coefficient (Wildman–Crippen LogP) is 16.9. The second kappa shape index (κ2) is 20.2. The van der Waals surface area contributed by atoms with Gasteiger partial charge in [-0.3, -0.25) is 19.9 Å². The lowest BCUT2D eigenvalue weighted by molar-refractivity contribution is 0.426. The van der Waals surface area contributed by atoms with Gasteiger partial charge in [0.05, 0.1) is 0 Å². The lowest BCUT2D eigenvalue weighted by Crippen LogP contribution is -2.10. The quantitative estimate of drug-likeness (QED) is 0.151. The highest BCUT2D eigenvalue weighted by atomic mass is 32.1. The summed E-state index contributed by atoms with van der Waals surface area (Å²) in [6.45, 7) is 32.8. The molecule has 8 aromatic rings. The third kappa shape index (κ3) is 12.3. The molecule has 0 radical (unpaired) electrons. The van der Waals surface area contributed by atoms with Crippen LogP contribution in [0.3, 0.4) is 0 Å². The van der Waals surface area contributed by atoms with Crippen molar-refractivity contribution in [3.63, 3.8) is 0 Å². The zero-order chi connectivity index (χ0) is 40.5. The Morgan fingerprint density at radius 2 is 0.847 bits per heavy atom. The highest BCUT2D eigenvalue weighted by molar-refractivity contribution is 7.19. The van der Waals surface area contributed by atoms with Gasteiger partial charge in [-0.05, 0) is 67.5 Å². The fraction of sp³-hybridized carbons (Fsp3) is 0.451. The van der Waals surface area contributed by atoms with E-state index in [1.165, 1.54) is 46.6 Å². The van der Waals surface area contributed by atoms with Gasteiger partial charge in [0, 0.05) is 112 Å². The molecule has 0 aliphatic heterocycles. The first kappa shape index (κ1) is 52.6. The Morgan fingerprint density at radius 1 is 0.441 bits per heavy atom. The summed E-state index contributed by atoms with van der Waals surface area (Å²) >= 11 is 3.76. The van der Waals surface area contributed by atoms with E-state index >= 15 is 0 Å². The molecule has 0 saturated carbocycles. The van der Waals surface area contributed by atoms with Crippen LogP contribution >= 0.6 is 22.7 Å². The van der Waals surface area contributed by atoms with Gasteiger partial charge in [0.15, 0.2) is 0 Å². The van der Waals surface area contributed by atoms with Crippen molar-refractivity contribution in [2.75, 3.05) is 0 Å². The standard InChI is InChI=1S/2C12H15NO.C12H15NS.C11H13NS.4CH4/c3*1-8-9-7-13-6-5-10(9)14-11(8)12(2,3)4;1-11(2,3)10-6-8-7-12-5-4-9(8)13-10;;;;/h3*5-7H,1-4H3;4-7H,1-3H3;4*1H4. The summed E-state index contributed by atoms with van der Waals surface area (Å²) in [6.07, 6.45) is 14.9. The third-order valence-corrected chi connectivity index (χ3v) is 12.6. The van der Waals surface area contributed by atoms with Crippen LogP contribution in [-0.2, 0) is 21.7 Å². The molecule has 0 N–H and O–H groups in total. The largest absolute Gasteiger partial charge is 0.460 e. The summed E-state index contributed by atoms with van der Waals surface area (Å²) in [4.78, 5) is 19.4. The topological polar surface area (TPSA) is 77.8 Å². The van der Waals surface area contributed by atoms with E-state index in [2.05, 4.69) is 142 Å². The molecule has 0 fully saturated rings. The molecule has 0 bridgehead atoms. The van der Waals surface area contributed by atoms with Gasteiger partial charge < -0.3 is 8.83 Å². The Balaban J connectivity index is 0.000000385.